The van der Waals surface area contributed by atoms with Crippen LogP contribution in [0.2, 0.25) is 0 Å². The molecule has 0 aliphatic carbocycles. The van der Waals surface area contributed by atoms with Gasteiger partial charge < -0.3 is 14.8 Å². The lowest BCUT2D eigenvalue weighted by atomic mass is 9.97. The lowest BCUT2D eigenvalue weighted by Crippen LogP contribution is -2.39. The number of morpholine rings is 1. The van der Waals surface area contributed by atoms with Gasteiger partial charge in [0.1, 0.15) is 6.10 Å². The first-order valence-electron chi connectivity index (χ1n) is 8.09. The molecule has 2 aliphatic rings. The zero-order chi connectivity index (χ0) is 15.2. The van der Waals surface area contributed by atoms with E-state index < -0.39 is 0 Å². The second kappa shape index (κ2) is 7.72. The lowest BCUT2D eigenvalue weighted by Gasteiger charge is -2.27. The first-order chi connectivity index (χ1) is 10.8. The normalized spacial score (nSPS) is 22.1. The Balaban J connectivity index is 1.43. The Hall–Kier alpha value is -1.43. The Bertz CT molecular complexity index is 500. The van der Waals surface area contributed by atoms with Crippen molar-refractivity contribution in [2.75, 3.05) is 46.0 Å². The number of carbonyl (C=O) groups is 1. The maximum atomic E-state index is 12.0. The molecule has 120 valence electrons. The third kappa shape index (κ3) is 4.06. The largest absolute Gasteiger partial charge is 0.379 e. The monoisotopic (exact) mass is 304 g/mol. The molecular formula is C17H24N2O3. The molecule has 0 saturated carbocycles. The number of hydrogen-bond acceptors (Lipinski definition) is 4. The first kappa shape index (κ1) is 15.5. The van der Waals surface area contributed by atoms with Gasteiger partial charge in [0.25, 0.3) is 0 Å². The highest BCUT2D eigenvalue weighted by Crippen LogP contribution is 2.26. The molecule has 1 amide bonds. The van der Waals surface area contributed by atoms with Crippen LogP contribution in [-0.2, 0) is 20.7 Å². The van der Waals surface area contributed by atoms with E-state index in [2.05, 4.69) is 28.4 Å². The van der Waals surface area contributed by atoms with Gasteiger partial charge in [-0.25, -0.2) is 0 Å². The zero-order valence-corrected chi connectivity index (χ0v) is 12.9. The molecule has 1 atom stereocenters. The summed E-state index contributed by atoms with van der Waals surface area (Å²) in [4.78, 5) is 14.3. The third-order valence-electron chi connectivity index (χ3n) is 4.34. The van der Waals surface area contributed by atoms with E-state index in [1.54, 1.807) is 0 Å². The van der Waals surface area contributed by atoms with Crippen LogP contribution in [0.4, 0.5) is 0 Å². The van der Waals surface area contributed by atoms with Gasteiger partial charge in [-0.3, -0.25) is 9.69 Å². The second-order valence-electron chi connectivity index (χ2n) is 5.82. The topological polar surface area (TPSA) is 50.8 Å². The van der Waals surface area contributed by atoms with E-state index in [0.717, 1.165) is 45.9 Å². The van der Waals surface area contributed by atoms with Gasteiger partial charge in [-0.05, 0) is 17.5 Å². The van der Waals surface area contributed by atoms with Crippen molar-refractivity contribution >= 4 is 5.91 Å². The highest BCUT2D eigenvalue weighted by atomic mass is 16.5. The van der Waals surface area contributed by atoms with Crippen molar-refractivity contribution in [2.45, 2.75) is 18.9 Å². The van der Waals surface area contributed by atoms with E-state index in [9.17, 15) is 4.79 Å². The minimum atomic E-state index is -0.0164. The average molecular weight is 304 g/mol. The first-order valence-corrected chi connectivity index (χ1v) is 8.09. The summed E-state index contributed by atoms with van der Waals surface area (Å²) >= 11 is 0. The number of hydrogen-bond donors (Lipinski definition) is 1. The van der Waals surface area contributed by atoms with E-state index in [1.807, 2.05) is 6.07 Å². The standard InChI is InChI=1S/C17H24N2O3/c20-17(5-7-19-8-11-21-12-9-19)18-13-16-15-4-2-1-3-14(15)6-10-22-16/h1-4,16H,5-13H2,(H,18,20)/t16-/m0/s1. The predicted octanol–water partition coefficient (Wildman–Crippen LogP) is 1.14. The number of nitrogens with one attached hydrogen (secondary N) is 1. The summed E-state index contributed by atoms with van der Waals surface area (Å²) in [5, 5.41) is 3.01. The quantitative estimate of drug-likeness (QED) is 0.886. The molecule has 0 aromatic heterocycles. The molecule has 22 heavy (non-hydrogen) atoms. The number of amides is 1. The molecular weight excluding hydrogens is 280 g/mol. The molecule has 1 N–H and O–H groups in total. The Morgan fingerprint density at radius 2 is 2.05 bits per heavy atom. The highest BCUT2D eigenvalue weighted by molar-refractivity contribution is 5.76. The zero-order valence-electron chi connectivity index (χ0n) is 12.9. The second-order valence-corrected chi connectivity index (χ2v) is 5.82. The molecule has 0 spiro atoms. The summed E-state index contributed by atoms with van der Waals surface area (Å²) in [6.45, 7) is 5.48. The minimum absolute atomic E-state index is 0.0164. The number of rotatable bonds is 5. The van der Waals surface area contributed by atoms with Crippen LogP contribution in [0.1, 0.15) is 23.7 Å². The summed E-state index contributed by atoms with van der Waals surface area (Å²) < 4.78 is 11.1. The van der Waals surface area contributed by atoms with E-state index in [0.29, 0.717) is 13.0 Å². The smallest absolute Gasteiger partial charge is 0.221 e. The van der Waals surface area contributed by atoms with Crippen LogP contribution < -0.4 is 5.32 Å². The van der Waals surface area contributed by atoms with Gasteiger partial charge in [-0.2, -0.15) is 0 Å². The van der Waals surface area contributed by atoms with Crippen molar-refractivity contribution in [3.63, 3.8) is 0 Å². The number of carbonyl (C=O) groups excluding carboxylic acids is 1. The molecule has 1 aromatic rings. The van der Waals surface area contributed by atoms with Crippen molar-refractivity contribution in [3.8, 4) is 0 Å². The fourth-order valence-corrected chi connectivity index (χ4v) is 3.03. The fraction of sp³-hybridized carbons (Fsp3) is 0.588. The van der Waals surface area contributed by atoms with Crippen LogP contribution in [0, 0.1) is 0 Å². The summed E-state index contributed by atoms with van der Waals surface area (Å²) in [6, 6.07) is 8.33. The van der Waals surface area contributed by atoms with E-state index >= 15 is 0 Å². The van der Waals surface area contributed by atoms with Crippen LogP contribution in [0.15, 0.2) is 24.3 Å². The summed E-state index contributed by atoms with van der Waals surface area (Å²) in [5.74, 6) is 0.0955. The lowest BCUT2D eigenvalue weighted by molar-refractivity contribution is -0.122. The van der Waals surface area contributed by atoms with E-state index in [1.165, 1.54) is 11.1 Å². The molecule has 2 aliphatic heterocycles. The Morgan fingerprint density at radius 1 is 1.23 bits per heavy atom. The average Bonchev–Trinajstić information content (AvgIpc) is 2.59. The molecule has 1 saturated heterocycles. The maximum absolute atomic E-state index is 12.0. The third-order valence-corrected chi connectivity index (χ3v) is 4.34. The Kier molecular flexibility index (Phi) is 5.43. The molecule has 0 radical (unpaired) electrons. The van der Waals surface area contributed by atoms with Gasteiger partial charge in [-0.1, -0.05) is 24.3 Å². The molecule has 3 rings (SSSR count). The predicted molar refractivity (Wildman–Crippen MR) is 83.7 cm³/mol. The maximum Gasteiger partial charge on any atom is 0.221 e. The van der Waals surface area contributed by atoms with Crippen molar-refractivity contribution in [3.05, 3.63) is 35.4 Å². The molecule has 2 heterocycles. The van der Waals surface area contributed by atoms with Gasteiger partial charge in [0, 0.05) is 32.6 Å². The van der Waals surface area contributed by atoms with E-state index in [4.69, 9.17) is 9.47 Å². The van der Waals surface area contributed by atoms with Crippen LogP contribution in [-0.4, -0.2) is 56.8 Å². The van der Waals surface area contributed by atoms with Crippen molar-refractivity contribution in [1.29, 1.82) is 0 Å². The van der Waals surface area contributed by atoms with Gasteiger partial charge >= 0.3 is 0 Å². The molecule has 1 aromatic carbocycles. The van der Waals surface area contributed by atoms with Crippen molar-refractivity contribution < 1.29 is 14.3 Å². The Morgan fingerprint density at radius 3 is 2.91 bits per heavy atom. The molecule has 5 nitrogen and oxygen atoms in total. The summed E-state index contributed by atoms with van der Waals surface area (Å²) in [7, 11) is 0. The van der Waals surface area contributed by atoms with E-state index in [-0.39, 0.29) is 12.0 Å². The molecule has 1 fully saturated rings. The van der Waals surface area contributed by atoms with Crippen LogP contribution in [0.5, 0.6) is 0 Å². The molecule has 0 unspecified atom stereocenters. The van der Waals surface area contributed by atoms with Crippen molar-refractivity contribution in [1.82, 2.24) is 10.2 Å². The summed E-state index contributed by atoms with van der Waals surface area (Å²) in [5.41, 5.74) is 2.54. The Labute approximate surface area is 131 Å². The van der Waals surface area contributed by atoms with Gasteiger partial charge in [0.05, 0.1) is 19.8 Å². The van der Waals surface area contributed by atoms with Gasteiger partial charge in [0.2, 0.25) is 5.91 Å². The molecule has 5 heteroatoms. The molecule has 0 bridgehead atoms. The van der Waals surface area contributed by atoms with Crippen LogP contribution in [0.25, 0.3) is 0 Å². The van der Waals surface area contributed by atoms with Crippen molar-refractivity contribution in [2.24, 2.45) is 0 Å². The number of ether oxygens (including phenoxy) is 2. The SMILES string of the molecule is O=C(CCN1CCOCC1)NC[C@@H]1OCCc2ccccc21. The number of fused-ring (bicyclic) bond motifs is 1. The van der Waals surface area contributed by atoms with Gasteiger partial charge in [0.15, 0.2) is 0 Å². The van der Waals surface area contributed by atoms with Crippen LogP contribution >= 0.6 is 0 Å². The van der Waals surface area contributed by atoms with Crippen LogP contribution in [0.3, 0.4) is 0 Å². The number of nitrogens with zero attached hydrogens (tertiary/aromatic N) is 1. The fourth-order valence-electron chi connectivity index (χ4n) is 3.03. The number of benzene rings is 1. The highest BCUT2D eigenvalue weighted by Gasteiger charge is 2.21. The summed E-state index contributed by atoms with van der Waals surface area (Å²) in [6.07, 6.45) is 1.48. The van der Waals surface area contributed by atoms with Gasteiger partial charge in [-0.15, -0.1) is 0 Å². The minimum Gasteiger partial charge on any atom is -0.379 e.